The molecule has 1 amide bonds. The highest BCUT2D eigenvalue weighted by molar-refractivity contribution is 5.76. The monoisotopic (exact) mass is 302 g/mol. The number of piperidine rings is 1. The second-order valence-corrected chi connectivity index (χ2v) is 6.62. The van der Waals surface area contributed by atoms with Crippen molar-refractivity contribution in [1.29, 1.82) is 0 Å². The lowest BCUT2D eigenvalue weighted by atomic mass is 9.85. The summed E-state index contributed by atoms with van der Waals surface area (Å²) in [6, 6.07) is 8.34. The van der Waals surface area contributed by atoms with Crippen molar-refractivity contribution in [2.24, 2.45) is 11.8 Å². The van der Waals surface area contributed by atoms with Crippen LogP contribution in [-0.2, 0) is 11.3 Å². The number of carbonyl (C=O) groups is 1. The van der Waals surface area contributed by atoms with Crippen LogP contribution in [0.25, 0.3) is 0 Å². The Balaban J connectivity index is 1.92. The highest BCUT2D eigenvalue weighted by Crippen LogP contribution is 2.23. The van der Waals surface area contributed by atoms with Crippen LogP contribution in [0.3, 0.4) is 0 Å². The molecular formula is C19H30N2O. The average Bonchev–Trinajstić information content (AvgIpc) is 2.54. The van der Waals surface area contributed by atoms with Crippen LogP contribution in [-0.4, -0.2) is 30.4 Å². The largest absolute Gasteiger partial charge is 0.339 e. The number of nitrogens with zero attached hydrogens (tertiary/aromatic N) is 1. The van der Waals surface area contributed by atoms with Gasteiger partial charge in [-0.25, -0.2) is 0 Å². The molecule has 2 atom stereocenters. The maximum absolute atomic E-state index is 12.6. The molecule has 3 heteroatoms. The van der Waals surface area contributed by atoms with Gasteiger partial charge in [0.25, 0.3) is 0 Å². The lowest BCUT2D eigenvalue weighted by Crippen LogP contribution is -2.37. The van der Waals surface area contributed by atoms with Crippen molar-refractivity contribution in [3.05, 3.63) is 35.4 Å². The number of benzene rings is 1. The SMILES string of the molecule is CCN(Cc1ccccc1C)C(=O)CC(C)C1CCCNC1. The Kier molecular flexibility index (Phi) is 6.44. The van der Waals surface area contributed by atoms with Gasteiger partial charge in [-0.05, 0) is 62.7 Å². The summed E-state index contributed by atoms with van der Waals surface area (Å²) in [5.41, 5.74) is 2.52. The molecule has 3 nitrogen and oxygen atoms in total. The van der Waals surface area contributed by atoms with E-state index in [0.29, 0.717) is 24.2 Å². The lowest BCUT2D eigenvalue weighted by molar-refractivity contribution is -0.133. The molecule has 1 fully saturated rings. The Bertz CT molecular complexity index is 480. The molecule has 1 saturated heterocycles. The Morgan fingerprint density at radius 1 is 1.41 bits per heavy atom. The van der Waals surface area contributed by atoms with Gasteiger partial charge in [-0.3, -0.25) is 4.79 Å². The molecule has 2 unspecified atom stereocenters. The number of rotatable bonds is 6. The predicted molar refractivity (Wildman–Crippen MR) is 91.6 cm³/mol. The molecule has 0 aromatic heterocycles. The smallest absolute Gasteiger partial charge is 0.223 e. The standard InChI is InChI=1S/C19H30N2O/c1-4-21(14-18-9-6-5-8-15(18)2)19(22)12-16(3)17-10-7-11-20-13-17/h5-6,8-9,16-17,20H,4,7,10-14H2,1-3H3. The zero-order valence-electron chi connectivity index (χ0n) is 14.3. The van der Waals surface area contributed by atoms with Crippen LogP contribution in [0.2, 0.25) is 0 Å². The zero-order chi connectivity index (χ0) is 15.9. The summed E-state index contributed by atoms with van der Waals surface area (Å²) < 4.78 is 0. The van der Waals surface area contributed by atoms with Gasteiger partial charge < -0.3 is 10.2 Å². The van der Waals surface area contributed by atoms with Gasteiger partial charge in [-0.2, -0.15) is 0 Å². The van der Waals surface area contributed by atoms with Crippen LogP contribution < -0.4 is 5.32 Å². The molecular weight excluding hydrogens is 272 g/mol. The Hall–Kier alpha value is -1.35. The van der Waals surface area contributed by atoms with Gasteiger partial charge in [0, 0.05) is 19.5 Å². The number of carbonyl (C=O) groups excluding carboxylic acids is 1. The number of nitrogens with one attached hydrogen (secondary N) is 1. The van der Waals surface area contributed by atoms with E-state index >= 15 is 0 Å². The van der Waals surface area contributed by atoms with Crippen LogP contribution >= 0.6 is 0 Å². The first-order valence-corrected chi connectivity index (χ1v) is 8.64. The maximum atomic E-state index is 12.6. The second kappa shape index (κ2) is 8.33. The van der Waals surface area contributed by atoms with E-state index < -0.39 is 0 Å². The summed E-state index contributed by atoms with van der Waals surface area (Å²) >= 11 is 0. The van der Waals surface area contributed by atoms with Crippen LogP contribution in [0.5, 0.6) is 0 Å². The summed E-state index contributed by atoms with van der Waals surface area (Å²) in [5, 5.41) is 3.45. The normalized spacial score (nSPS) is 19.7. The van der Waals surface area contributed by atoms with Gasteiger partial charge in [0.1, 0.15) is 0 Å². The second-order valence-electron chi connectivity index (χ2n) is 6.62. The number of hydrogen-bond acceptors (Lipinski definition) is 2. The predicted octanol–water partition coefficient (Wildman–Crippen LogP) is 3.37. The van der Waals surface area contributed by atoms with E-state index in [1.54, 1.807) is 0 Å². The molecule has 1 aromatic rings. The molecule has 1 heterocycles. The molecule has 22 heavy (non-hydrogen) atoms. The Morgan fingerprint density at radius 3 is 2.82 bits per heavy atom. The van der Waals surface area contributed by atoms with Crippen LogP contribution in [0.15, 0.2) is 24.3 Å². The first-order chi connectivity index (χ1) is 10.6. The van der Waals surface area contributed by atoms with Gasteiger partial charge >= 0.3 is 0 Å². The third-order valence-electron chi connectivity index (χ3n) is 4.99. The fourth-order valence-electron chi connectivity index (χ4n) is 3.31. The van der Waals surface area contributed by atoms with Crippen molar-refractivity contribution in [3.63, 3.8) is 0 Å². The van der Waals surface area contributed by atoms with Crippen LogP contribution in [0, 0.1) is 18.8 Å². The van der Waals surface area contributed by atoms with Crippen molar-refractivity contribution >= 4 is 5.91 Å². The quantitative estimate of drug-likeness (QED) is 0.874. The molecule has 0 aliphatic carbocycles. The fourth-order valence-corrected chi connectivity index (χ4v) is 3.31. The van der Waals surface area contributed by atoms with Crippen molar-refractivity contribution in [3.8, 4) is 0 Å². The molecule has 1 aliphatic rings. The Morgan fingerprint density at radius 2 is 2.18 bits per heavy atom. The van der Waals surface area contributed by atoms with E-state index in [2.05, 4.69) is 50.4 Å². The van der Waals surface area contributed by atoms with E-state index in [9.17, 15) is 4.79 Å². The highest BCUT2D eigenvalue weighted by Gasteiger charge is 2.24. The van der Waals surface area contributed by atoms with Gasteiger partial charge in [0.15, 0.2) is 0 Å². The number of amides is 1. The highest BCUT2D eigenvalue weighted by atomic mass is 16.2. The Labute approximate surface area is 135 Å². The molecule has 0 bridgehead atoms. The van der Waals surface area contributed by atoms with E-state index in [-0.39, 0.29) is 0 Å². The number of aryl methyl sites for hydroxylation is 1. The molecule has 0 radical (unpaired) electrons. The first kappa shape index (κ1) is 17.0. The molecule has 122 valence electrons. The third kappa shape index (κ3) is 4.57. The summed E-state index contributed by atoms with van der Waals surface area (Å²) in [5.74, 6) is 1.41. The van der Waals surface area contributed by atoms with E-state index in [1.807, 2.05) is 4.90 Å². The van der Waals surface area contributed by atoms with Crippen LogP contribution in [0.4, 0.5) is 0 Å². The van der Waals surface area contributed by atoms with Crippen molar-refractivity contribution in [2.75, 3.05) is 19.6 Å². The van der Waals surface area contributed by atoms with Gasteiger partial charge in [0.05, 0.1) is 0 Å². The summed E-state index contributed by atoms with van der Waals surface area (Å²) in [7, 11) is 0. The minimum atomic E-state index is 0.295. The topological polar surface area (TPSA) is 32.3 Å². The summed E-state index contributed by atoms with van der Waals surface area (Å²) in [4.78, 5) is 14.6. The van der Waals surface area contributed by atoms with Gasteiger partial charge in [0.2, 0.25) is 5.91 Å². The fraction of sp³-hybridized carbons (Fsp3) is 0.632. The van der Waals surface area contributed by atoms with E-state index in [4.69, 9.17) is 0 Å². The molecule has 1 N–H and O–H groups in total. The molecule has 0 spiro atoms. The van der Waals surface area contributed by atoms with Crippen molar-refractivity contribution < 1.29 is 4.79 Å². The molecule has 2 rings (SSSR count). The van der Waals surface area contributed by atoms with Crippen LogP contribution in [0.1, 0.15) is 44.2 Å². The first-order valence-electron chi connectivity index (χ1n) is 8.64. The average molecular weight is 302 g/mol. The van der Waals surface area contributed by atoms with E-state index in [0.717, 1.165) is 26.2 Å². The molecule has 0 saturated carbocycles. The van der Waals surface area contributed by atoms with Gasteiger partial charge in [-0.15, -0.1) is 0 Å². The molecule has 1 aliphatic heterocycles. The lowest BCUT2D eigenvalue weighted by Gasteiger charge is -2.30. The van der Waals surface area contributed by atoms with Crippen molar-refractivity contribution in [2.45, 2.75) is 46.6 Å². The zero-order valence-corrected chi connectivity index (χ0v) is 14.3. The summed E-state index contributed by atoms with van der Waals surface area (Å²) in [6.45, 7) is 10.1. The van der Waals surface area contributed by atoms with E-state index in [1.165, 1.54) is 24.0 Å². The third-order valence-corrected chi connectivity index (χ3v) is 4.99. The van der Waals surface area contributed by atoms with Gasteiger partial charge in [-0.1, -0.05) is 31.2 Å². The maximum Gasteiger partial charge on any atom is 0.223 e. The minimum Gasteiger partial charge on any atom is -0.339 e. The molecule has 1 aromatic carbocycles. The summed E-state index contributed by atoms with van der Waals surface area (Å²) in [6.07, 6.45) is 3.17. The van der Waals surface area contributed by atoms with Crippen molar-refractivity contribution in [1.82, 2.24) is 10.2 Å². The number of hydrogen-bond donors (Lipinski definition) is 1. The minimum absolute atomic E-state index is 0.295.